The molecule has 0 spiro atoms. The molecule has 0 fully saturated rings. The molecule has 7 nitrogen and oxygen atoms in total. The van der Waals surface area contributed by atoms with Crippen LogP contribution in [-0.2, 0) is 11.2 Å². The first-order valence-corrected chi connectivity index (χ1v) is 10.9. The van der Waals surface area contributed by atoms with Crippen LogP contribution in [-0.4, -0.2) is 27.5 Å². The van der Waals surface area contributed by atoms with E-state index in [1.807, 2.05) is 24.3 Å². The summed E-state index contributed by atoms with van der Waals surface area (Å²) in [6.45, 7) is 2.57. The first-order chi connectivity index (χ1) is 16.1. The second-order valence-corrected chi connectivity index (χ2v) is 8.45. The summed E-state index contributed by atoms with van der Waals surface area (Å²) in [6.07, 6.45) is 2.62. The van der Waals surface area contributed by atoms with Crippen molar-refractivity contribution in [3.05, 3.63) is 71.4 Å². The van der Waals surface area contributed by atoms with Crippen LogP contribution in [0, 0.1) is 5.82 Å². The maximum atomic E-state index is 14.1. The Bertz CT molecular complexity index is 1400. The Hall–Kier alpha value is -3.94. The summed E-state index contributed by atoms with van der Waals surface area (Å²) in [4.78, 5) is 23.7. The average molecular weight is 444 g/mol. The summed E-state index contributed by atoms with van der Waals surface area (Å²) in [5, 5.41) is 2.79. The number of benzene rings is 2. The maximum Gasteiger partial charge on any atom is 0.225 e. The second-order valence-electron chi connectivity index (χ2n) is 8.45. The Kier molecular flexibility index (Phi) is 4.53. The molecular weight excluding hydrogens is 423 g/mol. The number of hydrogen-bond donors (Lipinski definition) is 2. The summed E-state index contributed by atoms with van der Waals surface area (Å²) < 4.78 is 26.4. The molecule has 2 aliphatic heterocycles. The molecule has 2 N–H and O–H groups in total. The number of pyridine rings is 1. The fraction of sp³-hybridized carbons (Fsp3) is 0.240. The van der Waals surface area contributed by atoms with E-state index in [9.17, 15) is 9.18 Å². The van der Waals surface area contributed by atoms with Crippen molar-refractivity contribution in [2.45, 2.75) is 31.6 Å². The fourth-order valence-electron chi connectivity index (χ4n) is 4.61. The van der Waals surface area contributed by atoms with E-state index in [2.05, 4.69) is 27.2 Å². The van der Waals surface area contributed by atoms with Crippen molar-refractivity contribution in [2.24, 2.45) is 0 Å². The van der Waals surface area contributed by atoms with Crippen LogP contribution < -0.4 is 14.8 Å². The van der Waals surface area contributed by atoms with Crippen LogP contribution in [0.2, 0.25) is 0 Å². The minimum absolute atomic E-state index is 0.0385. The molecule has 2 aliphatic rings. The second kappa shape index (κ2) is 7.58. The van der Waals surface area contributed by atoms with E-state index in [4.69, 9.17) is 9.47 Å². The van der Waals surface area contributed by atoms with Gasteiger partial charge in [0.2, 0.25) is 5.91 Å². The van der Waals surface area contributed by atoms with Crippen LogP contribution in [0.5, 0.6) is 17.2 Å². The predicted molar refractivity (Wildman–Crippen MR) is 120 cm³/mol. The molecule has 1 amide bonds. The molecule has 0 saturated carbocycles. The number of nitrogens with zero attached hydrogens (tertiary/aromatic N) is 2. The lowest BCUT2D eigenvalue weighted by Crippen LogP contribution is -2.23. The lowest BCUT2D eigenvalue weighted by Gasteiger charge is -2.30. The zero-order valence-corrected chi connectivity index (χ0v) is 17.9. The van der Waals surface area contributed by atoms with E-state index >= 15 is 0 Å². The zero-order valence-electron chi connectivity index (χ0n) is 17.9. The molecule has 0 aliphatic carbocycles. The highest BCUT2D eigenvalue weighted by atomic mass is 19.1. The molecule has 2 atom stereocenters. The van der Waals surface area contributed by atoms with Crippen molar-refractivity contribution in [3.63, 3.8) is 0 Å². The van der Waals surface area contributed by atoms with Gasteiger partial charge in [0.1, 0.15) is 34.4 Å². The summed E-state index contributed by atoms with van der Waals surface area (Å²) >= 11 is 0. The Morgan fingerprint density at radius 1 is 1.18 bits per heavy atom. The topological polar surface area (TPSA) is 89.1 Å². The Morgan fingerprint density at radius 2 is 2.09 bits per heavy atom. The normalized spacial score (nSPS) is 19.4. The highest BCUT2D eigenvalue weighted by Gasteiger charge is 2.32. The summed E-state index contributed by atoms with van der Waals surface area (Å²) in [5.74, 6) is 3.05. The van der Waals surface area contributed by atoms with Gasteiger partial charge in [-0.3, -0.25) is 4.79 Å². The molecule has 2 aromatic carbocycles. The molecule has 6 rings (SSSR count). The third kappa shape index (κ3) is 3.38. The number of rotatable bonds is 3. The summed E-state index contributed by atoms with van der Waals surface area (Å²) in [7, 11) is 0. The number of fused-ring (bicyclic) bond motifs is 3. The van der Waals surface area contributed by atoms with Crippen LogP contribution in [0.3, 0.4) is 0 Å². The van der Waals surface area contributed by atoms with Crippen LogP contribution in [0.4, 0.5) is 10.2 Å². The van der Waals surface area contributed by atoms with Gasteiger partial charge in [0, 0.05) is 23.7 Å². The van der Waals surface area contributed by atoms with Crippen LogP contribution in [0.25, 0.3) is 11.0 Å². The minimum Gasteiger partial charge on any atom is -0.493 e. The average Bonchev–Trinajstić information content (AvgIpc) is 3.25. The number of ether oxygens (including phenoxy) is 2. The highest BCUT2D eigenvalue weighted by molar-refractivity contribution is 5.93. The van der Waals surface area contributed by atoms with Crippen molar-refractivity contribution >= 4 is 22.8 Å². The first kappa shape index (κ1) is 19.7. The van der Waals surface area contributed by atoms with Crippen molar-refractivity contribution in [1.82, 2.24) is 15.0 Å². The van der Waals surface area contributed by atoms with Crippen molar-refractivity contribution < 1.29 is 18.7 Å². The molecular formula is C25H21FN4O3. The van der Waals surface area contributed by atoms with Crippen molar-refractivity contribution in [2.75, 3.05) is 11.9 Å². The number of aromatic nitrogens is 3. The molecule has 4 aromatic rings. The van der Waals surface area contributed by atoms with Gasteiger partial charge in [0.05, 0.1) is 18.0 Å². The number of amides is 1. The zero-order chi connectivity index (χ0) is 22.5. The largest absolute Gasteiger partial charge is 0.493 e. The first-order valence-electron chi connectivity index (χ1n) is 10.9. The van der Waals surface area contributed by atoms with Crippen molar-refractivity contribution in [1.29, 1.82) is 0 Å². The number of hydrogen-bond acceptors (Lipinski definition) is 5. The third-order valence-electron chi connectivity index (χ3n) is 6.43. The van der Waals surface area contributed by atoms with E-state index in [1.54, 1.807) is 18.3 Å². The third-order valence-corrected chi connectivity index (χ3v) is 6.43. The van der Waals surface area contributed by atoms with Gasteiger partial charge < -0.3 is 19.8 Å². The van der Waals surface area contributed by atoms with Crippen LogP contribution >= 0.6 is 0 Å². The number of nitrogens with one attached hydrogen (secondary N) is 2. The number of halogens is 1. The highest BCUT2D eigenvalue weighted by Crippen LogP contribution is 2.44. The summed E-state index contributed by atoms with van der Waals surface area (Å²) in [6, 6.07) is 12.5. The Labute approximate surface area is 189 Å². The number of imidazole rings is 1. The van der Waals surface area contributed by atoms with Gasteiger partial charge in [-0.25, -0.2) is 14.4 Å². The van der Waals surface area contributed by atoms with Crippen LogP contribution in [0.1, 0.15) is 42.1 Å². The van der Waals surface area contributed by atoms with E-state index in [0.29, 0.717) is 53.6 Å². The van der Waals surface area contributed by atoms with Gasteiger partial charge in [-0.1, -0.05) is 13.0 Å². The number of carbonyl (C=O) groups excluding carboxylic acids is 1. The molecule has 2 unspecified atom stereocenters. The van der Waals surface area contributed by atoms with Gasteiger partial charge in [0.15, 0.2) is 5.82 Å². The molecule has 4 heterocycles. The van der Waals surface area contributed by atoms with Gasteiger partial charge in [-0.2, -0.15) is 0 Å². The van der Waals surface area contributed by atoms with Gasteiger partial charge in [0.25, 0.3) is 0 Å². The lowest BCUT2D eigenvalue weighted by molar-refractivity contribution is -0.116. The SMILES string of the molecule is CC1c2cc(Oc3ccnc4c3CCC(=O)N4)ccc2OCC1c1nc2c(F)cccc2[nH]1. The molecule has 8 heteroatoms. The van der Waals surface area contributed by atoms with Gasteiger partial charge >= 0.3 is 0 Å². The van der Waals surface area contributed by atoms with E-state index in [-0.39, 0.29) is 23.6 Å². The Balaban J connectivity index is 1.31. The van der Waals surface area contributed by atoms with E-state index < -0.39 is 0 Å². The number of aromatic amines is 1. The number of H-pyrrole nitrogens is 1. The number of carbonyl (C=O) groups is 1. The van der Waals surface area contributed by atoms with Gasteiger partial charge in [-0.15, -0.1) is 0 Å². The standard InChI is InChI=1S/C25H21FN4O3/c1-13-16-11-14(33-21-9-10-27-24-15(21)6-8-22(31)29-24)5-7-20(16)32-12-17(13)25-28-19-4-2-3-18(26)23(19)30-25/h2-5,7,9-11,13,17H,6,8,12H2,1H3,(H,28,30)(H,27,29,31). The molecule has 33 heavy (non-hydrogen) atoms. The minimum atomic E-state index is -0.340. The quantitative estimate of drug-likeness (QED) is 0.461. The number of anilines is 1. The monoisotopic (exact) mass is 444 g/mol. The van der Waals surface area contributed by atoms with Crippen LogP contribution in [0.15, 0.2) is 48.7 Å². The maximum absolute atomic E-state index is 14.1. The molecule has 0 radical (unpaired) electrons. The van der Waals surface area contributed by atoms with Crippen molar-refractivity contribution in [3.8, 4) is 17.2 Å². The summed E-state index contributed by atoms with van der Waals surface area (Å²) in [5.41, 5.74) is 2.91. The molecule has 2 aromatic heterocycles. The molecule has 166 valence electrons. The fourth-order valence-corrected chi connectivity index (χ4v) is 4.61. The smallest absolute Gasteiger partial charge is 0.225 e. The molecule has 0 bridgehead atoms. The Morgan fingerprint density at radius 3 is 2.97 bits per heavy atom. The number of para-hydroxylation sites is 1. The molecule has 0 saturated heterocycles. The van der Waals surface area contributed by atoms with E-state index in [0.717, 1.165) is 16.9 Å². The van der Waals surface area contributed by atoms with E-state index in [1.165, 1.54) is 6.07 Å². The van der Waals surface area contributed by atoms with Gasteiger partial charge in [-0.05, 0) is 48.7 Å². The lowest BCUT2D eigenvalue weighted by atomic mass is 9.85. The predicted octanol–water partition coefficient (Wildman–Crippen LogP) is 5.05.